The van der Waals surface area contributed by atoms with Gasteiger partial charge in [0, 0.05) is 17.3 Å². The number of hydrogen-bond acceptors (Lipinski definition) is 5. The maximum absolute atomic E-state index is 12.2. The summed E-state index contributed by atoms with van der Waals surface area (Å²) in [5.74, 6) is -0.409. The number of anilines is 2. The van der Waals surface area contributed by atoms with Crippen LogP contribution in [0.2, 0.25) is 0 Å². The summed E-state index contributed by atoms with van der Waals surface area (Å²) in [6.45, 7) is 4.11. The number of nitrogens with zero attached hydrogens (tertiary/aromatic N) is 1. The molecule has 7 heteroatoms. The van der Waals surface area contributed by atoms with E-state index in [1.54, 1.807) is 7.11 Å². The first kappa shape index (κ1) is 22.3. The lowest BCUT2D eigenvalue weighted by molar-refractivity contribution is -0.139. The lowest BCUT2D eigenvalue weighted by Gasteiger charge is -2.29. The number of nitrogens with one attached hydrogen (secondary N) is 3. The van der Waals surface area contributed by atoms with E-state index in [1.807, 2.05) is 49.4 Å². The largest absolute Gasteiger partial charge is 0.495 e. The molecule has 7 nitrogen and oxygen atoms in total. The molecule has 1 aliphatic carbocycles. The van der Waals surface area contributed by atoms with Crippen LogP contribution in [0, 0.1) is 12.8 Å². The van der Waals surface area contributed by atoms with Crippen molar-refractivity contribution in [3.8, 4) is 5.75 Å². The molecule has 0 aromatic heterocycles. The maximum Gasteiger partial charge on any atom is 0.329 e. The molecule has 3 N–H and O–H groups in total. The van der Waals surface area contributed by atoms with E-state index in [0.29, 0.717) is 17.2 Å². The van der Waals surface area contributed by atoms with Gasteiger partial charge in [-0.25, -0.2) is 5.43 Å². The normalized spacial score (nSPS) is 18.4. The molecule has 2 aromatic carbocycles. The quantitative estimate of drug-likeness (QED) is 0.374. The number of rotatable bonds is 6. The van der Waals surface area contributed by atoms with Gasteiger partial charge in [-0.15, -0.1) is 0 Å². The molecular formula is C24H30N4O3. The third-order valence-corrected chi connectivity index (χ3v) is 5.69. The molecule has 0 radical (unpaired) electrons. The van der Waals surface area contributed by atoms with Crippen LogP contribution in [-0.4, -0.2) is 31.2 Å². The van der Waals surface area contributed by atoms with E-state index in [1.165, 1.54) is 12.6 Å². The van der Waals surface area contributed by atoms with Gasteiger partial charge in [-0.1, -0.05) is 50.1 Å². The summed E-state index contributed by atoms with van der Waals surface area (Å²) in [6.07, 6.45) is 5.71. The van der Waals surface area contributed by atoms with Gasteiger partial charge < -0.3 is 15.4 Å². The summed E-state index contributed by atoms with van der Waals surface area (Å²) in [4.78, 5) is 24.4. The molecule has 0 heterocycles. The van der Waals surface area contributed by atoms with E-state index in [0.717, 1.165) is 36.2 Å². The van der Waals surface area contributed by atoms with Crippen molar-refractivity contribution in [2.75, 3.05) is 12.4 Å². The van der Waals surface area contributed by atoms with E-state index >= 15 is 0 Å². The smallest absolute Gasteiger partial charge is 0.329 e. The number of hydrazone groups is 1. The lowest BCUT2D eigenvalue weighted by atomic mass is 9.86. The molecule has 2 aromatic rings. The molecule has 0 bridgehead atoms. The number of amides is 2. The van der Waals surface area contributed by atoms with Crippen molar-refractivity contribution in [1.82, 2.24) is 10.7 Å². The minimum Gasteiger partial charge on any atom is -0.495 e. The fraction of sp³-hybridized carbons (Fsp3) is 0.375. The Morgan fingerprint density at radius 3 is 2.58 bits per heavy atom. The lowest BCUT2D eigenvalue weighted by Crippen LogP contribution is -2.46. The van der Waals surface area contributed by atoms with Gasteiger partial charge in [0.25, 0.3) is 0 Å². The Labute approximate surface area is 183 Å². The van der Waals surface area contributed by atoms with Crippen LogP contribution in [0.1, 0.15) is 43.7 Å². The van der Waals surface area contributed by atoms with Gasteiger partial charge in [-0.3, -0.25) is 9.59 Å². The summed E-state index contributed by atoms with van der Waals surface area (Å²) in [7, 11) is 1.59. The van der Waals surface area contributed by atoms with E-state index < -0.39 is 11.8 Å². The predicted molar refractivity (Wildman–Crippen MR) is 123 cm³/mol. The first-order valence-electron chi connectivity index (χ1n) is 10.6. The van der Waals surface area contributed by atoms with Crippen LogP contribution in [-0.2, 0) is 9.59 Å². The van der Waals surface area contributed by atoms with Crippen LogP contribution in [0.5, 0.6) is 5.75 Å². The fourth-order valence-corrected chi connectivity index (χ4v) is 3.78. The molecule has 3 rings (SSSR count). The molecule has 0 unspecified atom stereocenters. The monoisotopic (exact) mass is 422 g/mol. The SMILES string of the molecule is COc1cccc(/C=N\NC(=O)C(=O)N[C@H]2CCCC[C@H]2C)c1Nc1ccccc1C. The fourth-order valence-electron chi connectivity index (χ4n) is 3.78. The van der Waals surface area contributed by atoms with Crippen molar-refractivity contribution in [3.63, 3.8) is 0 Å². The molecule has 2 amide bonds. The number of carbonyl (C=O) groups excluding carboxylic acids is 2. The number of hydrogen-bond donors (Lipinski definition) is 3. The van der Waals surface area contributed by atoms with Crippen molar-refractivity contribution < 1.29 is 14.3 Å². The van der Waals surface area contributed by atoms with Crippen LogP contribution in [0.4, 0.5) is 11.4 Å². The topological polar surface area (TPSA) is 91.8 Å². The highest BCUT2D eigenvalue weighted by atomic mass is 16.5. The van der Waals surface area contributed by atoms with Gasteiger partial charge in [0.05, 0.1) is 19.0 Å². The number of carbonyl (C=O) groups is 2. The van der Waals surface area contributed by atoms with Crippen LogP contribution in [0.3, 0.4) is 0 Å². The zero-order valence-electron chi connectivity index (χ0n) is 18.3. The molecule has 164 valence electrons. The second kappa shape index (κ2) is 10.6. The maximum atomic E-state index is 12.2. The molecule has 0 aliphatic heterocycles. The van der Waals surface area contributed by atoms with E-state index in [-0.39, 0.29) is 6.04 Å². The Morgan fingerprint density at radius 2 is 1.84 bits per heavy atom. The van der Waals surface area contributed by atoms with Crippen molar-refractivity contribution in [3.05, 3.63) is 53.6 Å². The highest BCUT2D eigenvalue weighted by Gasteiger charge is 2.25. The highest BCUT2D eigenvalue weighted by molar-refractivity contribution is 6.35. The minimum absolute atomic E-state index is 0.0410. The Kier molecular flexibility index (Phi) is 7.65. The van der Waals surface area contributed by atoms with Gasteiger partial charge in [-0.2, -0.15) is 5.10 Å². The Bertz CT molecular complexity index is 958. The first-order chi connectivity index (χ1) is 15.0. The number of para-hydroxylation sites is 2. The standard InChI is InChI=1S/C24H30N4O3/c1-16-9-4-6-12-19(16)26-22-18(11-8-14-21(22)31-3)15-25-28-24(30)23(29)27-20-13-7-5-10-17(20)2/h4,6,8-9,11-12,14-15,17,20,26H,5,7,10,13H2,1-3H3,(H,27,29)(H,28,30)/b25-15-/t17-,20+/m1/s1. The molecule has 2 atom stereocenters. The van der Waals surface area contributed by atoms with Gasteiger partial charge >= 0.3 is 11.8 Å². The molecule has 31 heavy (non-hydrogen) atoms. The van der Waals surface area contributed by atoms with Gasteiger partial charge in [0.2, 0.25) is 0 Å². The van der Waals surface area contributed by atoms with E-state index in [2.05, 4.69) is 28.1 Å². The van der Waals surface area contributed by atoms with Crippen LogP contribution in [0.25, 0.3) is 0 Å². The van der Waals surface area contributed by atoms with Crippen LogP contribution in [0.15, 0.2) is 47.6 Å². The van der Waals surface area contributed by atoms with E-state index in [4.69, 9.17) is 4.74 Å². The van der Waals surface area contributed by atoms with E-state index in [9.17, 15) is 9.59 Å². The first-order valence-corrected chi connectivity index (χ1v) is 10.6. The van der Waals surface area contributed by atoms with Crippen LogP contribution >= 0.6 is 0 Å². The number of methoxy groups -OCH3 is 1. The van der Waals surface area contributed by atoms with Crippen molar-refractivity contribution in [1.29, 1.82) is 0 Å². The second-order valence-electron chi connectivity index (χ2n) is 7.91. The molecule has 1 fully saturated rings. The number of ether oxygens (including phenoxy) is 1. The van der Waals surface area contributed by atoms with Crippen molar-refractivity contribution >= 4 is 29.4 Å². The van der Waals surface area contributed by atoms with Crippen molar-refractivity contribution in [2.45, 2.75) is 45.6 Å². The third-order valence-electron chi connectivity index (χ3n) is 5.69. The third kappa shape index (κ3) is 5.84. The summed E-state index contributed by atoms with van der Waals surface area (Å²) < 4.78 is 5.48. The average molecular weight is 423 g/mol. The second-order valence-corrected chi connectivity index (χ2v) is 7.91. The number of benzene rings is 2. The molecule has 0 spiro atoms. The zero-order chi connectivity index (χ0) is 22.2. The Morgan fingerprint density at radius 1 is 1.06 bits per heavy atom. The molecule has 1 aliphatic rings. The predicted octanol–water partition coefficient (Wildman–Crippen LogP) is 3.89. The minimum atomic E-state index is -0.773. The highest BCUT2D eigenvalue weighted by Crippen LogP contribution is 2.31. The number of aryl methyl sites for hydroxylation is 1. The van der Waals surface area contributed by atoms with Gasteiger partial charge in [0.1, 0.15) is 5.75 Å². The molecular weight excluding hydrogens is 392 g/mol. The average Bonchev–Trinajstić information content (AvgIpc) is 2.77. The van der Waals surface area contributed by atoms with Crippen LogP contribution < -0.4 is 20.8 Å². The Balaban J connectivity index is 1.68. The Hall–Kier alpha value is -3.35. The summed E-state index contributed by atoms with van der Waals surface area (Å²) >= 11 is 0. The molecule has 1 saturated carbocycles. The van der Waals surface area contributed by atoms with Crippen molar-refractivity contribution in [2.24, 2.45) is 11.0 Å². The zero-order valence-corrected chi connectivity index (χ0v) is 18.3. The van der Waals surface area contributed by atoms with Gasteiger partial charge in [0.15, 0.2) is 0 Å². The molecule has 0 saturated heterocycles. The summed E-state index contributed by atoms with van der Waals surface area (Å²) in [5.41, 5.74) is 5.78. The summed E-state index contributed by atoms with van der Waals surface area (Å²) in [5, 5.41) is 10.2. The summed E-state index contributed by atoms with van der Waals surface area (Å²) in [6, 6.07) is 13.5. The van der Waals surface area contributed by atoms with Gasteiger partial charge in [-0.05, 0) is 43.4 Å².